The molecule has 0 atom stereocenters. The average Bonchev–Trinajstić information content (AvgIpc) is 2.74. The Bertz CT molecular complexity index is 445. The van der Waals surface area contributed by atoms with Gasteiger partial charge in [-0.25, -0.2) is 4.39 Å². The molecule has 1 aliphatic rings. The van der Waals surface area contributed by atoms with E-state index >= 15 is 0 Å². The number of ether oxygens (including phenoxy) is 1. The average molecular weight is 262 g/mol. The molecule has 5 heteroatoms. The molecule has 1 aliphatic carbocycles. The summed E-state index contributed by atoms with van der Waals surface area (Å²) in [5, 5.41) is -0.255. The predicted octanol–water partition coefficient (Wildman–Crippen LogP) is 3.35. The third-order valence-corrected chi connectivity index (χ3v) is 3.63. The van der Waals surface area contributed by atoms with Crippen LogP contribution in [-0.2, 0) is 5.54 Å². The van der Waals surface area contributed by atoms with Gasteiger partial charge in [0.2, 0.25) is 5.82 Å². The first kappa shape index (κ1) is 12.6. The van der Waals surface area contributed by atoms with Crippen LogP contribution >= 0.6 is 11.6 Å². The maximum absolute atomic E-state index is 13.7. The molecule has 2 rings (SSSR count). The van der Waals surface area contributed by atoms with Crippen LogP contribution in [0.4, 0.5) is 8.78 Å². The summed E-state index contributed by atoms with van der Waals surface area (Å²) >= 11 is 5.66. The van der Waals surface area contributed by atoms with Gasteiger partial charge in [0.05, 0.1) is 12.1 Å². The fraction of sp³-hybridized carbons (Fsp3) is 0.500. The third-order valence-electron chi connectivity index (χ3n) is 3.35. The molecule has 2 nitrogen and oxygen atoms in total. The molecule has 17 heavy (non-hydrogen) atoms. The molecule has 0 radical (unpaired) electrons. The van der Waals surface area contributed by atoms with Crippen LogP contribution in [0.25, 0.3) is 0 Å². The summed E-state index contributed by atoms with van der Waals surface area (Å²) in [5.74, 6) is -2.28. The van der Waals surface area contributed by atoms with E-state index in [1.54, 1.807) is 0 Å². The van der Waals surface area contributed by atoms with E-state index in [9.17, 15) is 8.78 Å². The number of hydrogen-bond donors (Lipinski definition) is 1. The van der Waals surface area contributed by atoms with Crippen LogP contribution in [0.1, 0.15) is 31.2 Å². The molecule has 2 N–H and O–H groups in total. The van der Waals surface area contributed by atoms with Gasteiger partial charge in [-0.3, -0.25) is 0 Å². The summed E-state index contributed by atoms with van der Waals surface area (Å²) in [6.45, 7) is 0. The normalized spacial score (nSPS) is 18.4. The second kappa shape index (κ2) is 4.42. The molecule has 1 fully saturated rings. The number of benzene rings is 1. The highest BCUT2D eigenvalue weighted by Crippen LogP contribution is 2.43. The van der Waals surface area contributed by atoms with E-state index in [4.69, 9.17) is 22.1 Å². The Morgan fingerprint density at radius 1 is 1.29 bits per heavy atom. The smallest absolute Gasteiger partial charge is 0.202 e. The Balaban J connectivity index is 2.60. The van der Waals surface area contributed by atoms with Gasteiger partial charge in [-0.05, 0) is 18.9 Å². The highest BCUT2D eigenvalue weighted by atomic mass is 35.5. The lowest BCUT2D eigenvalue weighted by Crippen LogP contribution is -2.34. The summed E-state index contributed by atoms with van der Waals surface area (Å²) < 4.78 is 32.0. The van der Waals surface area contributed by atoms with Crippen molar-refractivity contribution in [1.82, 2.24) is 0 Å². The Morgan fingerprint density at radius 3 is 2.41 bits per heavy atom. The SMILES string of the molecule is COc1c(C2(N)CCCC2)cc(Cl)c(F)c1F. The minimum Gasteiger partial charge on any atom is -0.493 e. The maximum Gasteiger partial charge on any atom is 0.202 e. The summed E-state index contributed by atoms with van der Waals surface area (Å²) in [6.07, 6.45) is 3.39. The van der Waals surface area contributed by atoms with Crippen molar-refractivity contribution in [3.05, 3.63) is 28.3 Å². The van der Waals surface area contributed by atoms with Gasteiger partial charge >= 0.3 is 0 Å². The third kappa shape index (κ3) is 2.00. The van der Waals surface area contributed by atoms with E-state index in [2.05, 4.69) is 0 Å². The molecular formula is C12H14ClF2NO. The van der Waals surface area contributed by atoms with Crippen LogP contribution in [0.2, 0.25) is 5.02 Å². The van der Waals surface area contributed by atoms with E-state index in [0.717, 1.165) is 25.7 Å². The zero-order chi connectivity index (χ0) is 12.6. The molecular weight excluding hydrogens is 248 g/mol. The van der Waals surface area contributed by atoms with Gasteiger partial charge in [0.1, 0.15) is 0 Å². The first-order valence-corrected chi connectivity index (χ1v) is 5.88. The highest BCUT2D eigenvalue weighted by molar-refractivity contribution is 6.30. The van der Waals surface area contributed by atoms with Crippen LogP contribution in [-0.4, -0.2) is 7.11 Å². The molecule has 1 aromatic carbocycles. The Labute approximate surface area is 104 Å². The number of methoxy groups -OCH3 is 1. The van der Waals surface area contributed by atoms with Gasteiger partial charge in [-0.2, -0.15) is 4.39 Å². The zero-order valence-corrected chi connectivity index (χ0v) is 10.3. The quantitative estimate of drug-likeness (QED) is 0.829. The molecule has 1 saturated carbocycles. The van der Waals surface area contributed by atoms with Gasteiger partial charge in [0.25, 0.3) is 0 Å². The lowest BCUT2D eigenvalue weighted by Gasteiger charge is -2.26. The molecule has 1 aromatic rings. The van der Waals surface area contributed by atoms with Crippen molar-refractivity contribution < 1.29 is 13.5 Å². The molecule has 0 unspecified atom stereocenters. The Hall–Kier alpha value is -0.870. The van der Waals surface area contributed by atoms with Crippen molar-refractivity contribution in [2.24, 2.45) is 5.73 Å². The van der Waals surface area contributed by atoms with E-state index < -0.39 is 17.2 Å². The maximum atomic E-state index is 13.7. The van der Waals surface area contributed by atoms with Gasteiger partial charge in [-0.15, -0.1) is 0 Å². The van der Waals surface area contributed by atoms with Gasteiger partial charge < -0.3 is 10.5 Å². The van der Waals surface area contributed by atoms with Crippen molar-refractivity contribution >= 4 is 11.6 Å². The summed E-state index contributed by atoms with van der Waals surface area (Å²) in [7, 11) is 1.30. The molecule has 0 bridgehead atoms. The van der Waals surface area contributed by atoms with Crippen molar-refractivity contribution in [3.63, 3.8) is 0 Å². The monoisotopic (exact) mass is 261 g/mol. The van der Waals surface area contributed by atoms with E-state index in [1.165, 1.54) is 13.2 Å². The summed E-state index contributed by atoms with van der Waals surface area (Å²) in [6, 6.07) is 1.38. The van der Waals surface area contributed by atoms with E-state index in [1.807, 2.05) is 0 Å². The van der Waals surface area contributed by atoms with Crippen LogP contribution < -0.4 is 10.5 Å². The number of nitrogens with two attached hydrogens (primary N) is 1. The molecule has 0 saturated heterocycles. The van der Waals surface area contributed by atoms with Gasteiger partial charge in [0, 0.05) is 11.1 Å². The van der Waals surface area contributed by atoms with Crippen LogP contribution in [0.15, 0.2) is 6.07 Å². The van der Waals surface area contributed by atoms with E-state index in [0.29, 0.717) is 5.56 Å². The molecule has 0 spiro atoms. The largest absolute Gasteiger partial charge is 0.493 e. The van der Waals surface area contributed by atoms with Crippen LogP contribution in [0, 0.1) is 11.6 Å². The van der Waals surface area contributed by atoms with Gasteiger partial charge in [0.15, 0.2) is 11.6 Å². The molecule has 94 valence electrons. The topological polar surface area (TPSA) is 35.2 Å². The standard InChI is InChI=1S/C12H14ClF2NO/c1-17-11-7(12(16)4-2-3-5-12)6-8(13)9(14)10(11)15/h6H,2-5,16H2,1H3. The Kier molecular flexibility index (Phi) is 3.27. The second-order valence-corrected chi connectivity index (χ2v) is 4.84. The minimum atomic E-state index is -1.09. The predicted molar refractivity (Wildman–Crippen MR) is 62.3 cm³/mol. The lowest BCUT2D eigenvalue weighted by atomic mass is 9.88. The summed E-state index contributed by atoms with van der Waals surface area (Å²) in [5.41, 5.74) is 6.01. The number of rotatable bonds is 2. The fourth-order valence-electron chi connectivity index (χ4n) is 2.42. The van der Waals surface area contributed by atoms with Gasteiger partial charge in [-0.1, -0.05) is 24.4 Å². The number of halogens is 3. The number of hydrogen-bond acceptors (Lipinski definition) is 2. The van der Waals surface area contributed by atoms with E-state index in [-0.39, 0.29) is 10.8 Å². The second-order valence-electron chi connectivity index (χ2n) is 4.43. The van der Waals surface area contributed by atoms with Crippen LogP contribution in [0.5, 0.6) is 5.75 Å². The van der Waals surface area contributed by atoms with Crippen LogP contribution in [0.3, 0.4) is 0 Å². The Morgan fingerprint density at radius 2 is 1.88 bits per heavy atom. The fourth-order valence-corrected chi connectivity index (χ4v) is 2.62. The van der Waals surface area contributed by atoms with Crippen molar-refractivity contribution in [3.8, 4) is 5.75 Å². The first-order valence-electron chi connectivity index (χ1n) is 5.50. The first-order chi connectivity index (χ1) is 7.99. The zero-order valence-electron chi connectivity index (χ0n) is 9.53. The van der Waals surface area contributed by atoms with Crippen molar-refractivity contribution in [2.45, 2.75) is 31.2 Å². The molecule has 0 amide bonds. The lowest BCUT2D eigenvalue weighted by molar-refractivity contribution is 0.345. The van der Waals surface area contributed by atoms with Crippen molar-refractivity contribution in [2.75, 3.05) is 7.11 Å². The highest BCUT2D eigenvalue weighted by Gasteiger charge is 2.36. The molecule has 0 aromatic heterocycles. The summed E-state index contributed by atoms with van der Waals surface area (Å²) in [4.78, 5) is 0. The molecule has 0 heterocycles. The minimum absolute atomic E-state index is 0.128. The van der Waals surface area contributed by atoms with Crippen molar-refractivity contribution in [1.29, 1.82) is 0 Å². The molecule has 0 aliphatic heterocycles.